The Bertz CT molecular complexity index is 1000. The van der Waals surface area contributed by atoms with Crippen LogP contribution in [0, 0.1) is 46.8 Å². The van der Waals surface area contributed by atoms with Crippen molar-refractivity contribution in [2.75, 3.05) is 20.7 Å². The van der Waals surface area contributed by atoms with Crippen LogP contribution in [-0.4, -0.2) is 66.2 Å². The van der Waals surface area contributed by atoms with Gasteiger partial charge in [0, 0.05) is 30.1 Å². The third-order valence-electron chi connectivity index (χ3n) is 9.68. The van der Waals surface area contributed by atoms with Crippen LogP contribution in [0.2, 0.25) is 0 Å². The lowest BCUT2D eigenvalue weighted by molar-refractivity contribution is -0.195. The Morgan fingerprint density at radius 1 is 1.19 bits per heavy atom. The van der Waals surface area contributed by atoms with Crippen molar-refractivity contribution in [3.63, 3.8) is 0 Å². The topological polar surface area (TPSA) is 93.1 Å². The van der Waals surface area contributed by atoms with Crippen LogP contribution < -0.4 is 0 Å². The smallest absolute Gasteiger partial charge is 0.324 e. The van der Waals surface area contributed by atoms with Crippen molar-refractivity contribution in [2.45, 2.75) is 72.6 Å². The predicted octanol–water partition coefficient (Wildman–Crippen LogP) is 3.41. The summed E-state index contributed by atoms with van der Waals surface area (Å²) in [7, 11) is 3.74. The van der Waals surface area contributed by atoms with Crippen LogP contribution in [0.3, 0.4) is 0 Å². The number of carbonyl (C=O) groups is 3. The van der Waals surface area contributed by atoms with E-state index in [1.807, 2.05) is 39.8 Å². The van der Waals surface area contributed by atoms with Crippen molar-refractivity contribution in [1.82, 2.24) is 4.90 Å². The third-order valence-corrected chi connectivity index (χ3v) is 9.68. The summed E-state index contributed by atoms with van der Waals surface area (Å²) in [5, 5.41) is 10.2. The predicted molar refractivity (Wildman–Crippen MR) is 136 cm³/mol. The van der Waals surface area contributed by atoms with Gasteiger partial charge in [-0.1, -0.05) is 46.8 Å². The van der Waals surface area contributed by atoms with E-state index in [0.717, 1.165) is 11.1 Å². The fraction of sp³-hybridized carbons (Fsp3) is 0.759. The SMILES string of the molecule is CC(=O)O[C@@]12[C@H](OC(=O)[C@H](C(C)C)N(C)C)[C@@H](C)C3[C@@H]4C=C(C)C(=O)C4CC(CO)=C[C@H]3[C@@H]1C2(C)C. The van der Waals surface area contributed by atoms with Crippen molar-refractivity contribution >= 4 is 17.7 Å². The molecule has 0 aromatic carbocycles. The molecule has 4 aliphatic rings. The molecule has 2 fully saturated rings. The number of esters is 2. The van der Waals surface area contributed by atoms with E-state index in [1.165, 1.54) is 6.92 Å². The Morgan fingerprint density at radius 3 is 2.36 bits per heavy atom. The van der Waals surface area contributed by atoms with E-state index in [2.05, 4.69) is 32.9 Å². The van der Waals surface area contributed by atoms with Crippen molar-refractivity contribution in [3.05, 3.63) is 23.3 Å². The van der Waals surface area contributed by atoms with Crippen molar-refractivity contribution < 1.29 is 29.0 Å². The average Bonchev–Trinajstić information content (AvgIpc) is 3.18. The summed E-state index contributed by atoms with van der Waals surface area (Å²) < 4.78 is 12.6. The van der Waals surface area contributed by atoms with Gasteiger partial charge in [-0.2, -0.15) is 0 Å². The van der Waals surface area contributed by atoms with Crippen LogP contribution in [0.15, 0.2) is 23.3 Å². The first-order chi connectivity index (χ1) is 16.7. The highest BCUT2D eigenvalue weighted by molar-refractivity contribution is 5.99. The van der Waals surface area contributed by atoms with Gasteiger partial charge in [0.1, 0.15) is 12.1 Å². The zero-order chi connectivity index (χ0) is 26.9. The molecule has 0 amide bonds. The number of carbonyl (C=O) groups excluding carboxylic acids is 3. The van der Waals surface area contributed by atoms with Crippen LogP contribution in [0.5, 0.6) is 0 Å². The molecule has 4 rings (SSSR count). The largest absolute Gasteiger partial charge is 0.457 e. The van der Waals surface area contributed by atoms with Gasteiger partial charge in [-0.25, -0.2) is 0 Å². The lowest BCUT2D eigenvalue weighted by Gasteiger charge is -2.46. The van der Waals surface area contributed by atoms with E-state index in [0.29, 0.717) is 6.42 Å². The first-order valence-corrected chi connectivity index (χ1v) is 13.3. The van der Waals surface area contributed by atoms with Gasteiger partial charge in [0.05, 0.1) is 6.61 Å². The highest BCUT2D eigenvalue weighted by Crippen LogP contribution is 2.76. The number of fused-ring (bicyclic) bond motifs is 5. The summed E-state index contributed by atoms with van der Waals surface area (Å²) in [6.07, 6.45) is 4.13. The van der Waals surface area contributed by atoms with Gasteiger partial charge in [0.2, 0.25) is 0 Å². The maximum Gasteiger partial charge on any atom is 0.324 e. The number of ketones is 1. The van der Waals surface area contributed by atoms with E-state index < -0.39 is 29.1 Å². The van der Waals surface area contributed by atoms with E-state index >= 15 is 0 Å². The maximum absolute atomic E-state index is 13.6. The molecular formula is C29H43NO6. The van der Waals surface area contributed by atoms with Gasteiger partial charge in [-0.05, 0) is 62.3 Å². The first-order valence-electron chi connectivity index (χ1n) is 13.3. The van der Waals surface area contributed by atoms with Crippen molar-refractivity contribution in [2.24, 2.45) is 46.8 Å². The summed E-state index contributed by atoms with van der Waals surface area (Å²) >= 11 is 0. The number of likely N-dealkylation sites (N-methyl/N-ethyl adjacent to an activating group) is 1. The molecule has 2 saturated carbocycles. The number of nitrogens with zero attached hydrogens (tertiary/aromatic N) is 1. The molecule has 0 aromatic rings. The normalized spacial score (nSPS) is 39.3. The second-order valence-electron chi connectivity index (χ2n) is 12.7. The summed E-state index contributed by atoms with van der Waals surface area (Å²) in [5.74, 6) is -0.998. The molecule has 1 N–H and O–H groups in total. The molecule has 0 spiro atoms. The molecule has 0 bridgehead atoms. The Morgan fingerprint density at radius 2 is 1.83 bits per heavy atom. The molecule has 7 nitrogen and oxygen atoms in total. The van der Waals surface area contributed by atoms with E-state index in [9.17, 15) is 19.5 Å². The molecule has 0 saturated heterocycles. The zero-order valence-electron chi connectivity index (χ0n) is 23.2. The molecule has 200 valence electrons. The Kier molecular flexibility index (Phi) is 6.83. The van der Waals surface area contributed by atoms with Gasteiger partial charge >= 0.3 is 11.9 Å². The first kappa shape index (κ1) is 27.1. The number of aliphatic hydroxyl groups is 1. The lowest BCUT2D eigenvalue weighted by atomic mass is 9.63. The number of rotatable bonds is 6. The molecule has 0 radical (unpaired) electrons. The van der Waals surface area contributed by atoms with E-state index in [4.69, 9.17) is 9.47 Å². The van der Waals surface area contributed by atoms with Crippen LogP contribution in [-0.2, 0) is 23.9 Å². The van der Waals surface area contributed by atoms with Crippen LogP contribution in [0.4, 0.5) is 0 Å². The van der Waals surface area contributed by atoms with Gasteiger partial charge in [0.15, 0.2) is 11.4 Å². The van der Waals surface area contributed by atoms with Crippen LogP contribution in [0.1, 0.15) is 54.9 Å². The third kappa shape index (κ3) is 3.80. The van der Waals surface area contributed by atoms with Crippen molar-refractivity contribution in [3.8, 4) is 0 Å². The molecule has 0 aromatic heterocycles. The number of hydrogen-bond acceptors (Lipinski definition) is 7. The number of ether oxygens (including phenoxy) is 2. The monoisotopic (exact) mass is 501 g/mol. The van der Waals surface area contributed by atoms with Gasteiger partial charge in [-0.3, -0.25) is 19.3 Å². The van der Waals surface area contributed by atoms with Gasteiger partial charge < -0.3 is 14.6 Å². The van der Waals surface area contributed by atoms with E-state index in [-0.39, 0.29) is 59.8 Å². The number of hydrogen-bond donors (Lipinski definition) is 1. The molecule has 36 heavy (non-hydrogen) atoms. The highest BCUT2D eigenvalue weighted by atomic mass is 16.6. The molecule has 2 unspecified atom stereocenters. The summed E-state index contributed by atoms with van der Waals surface area (Å²) in [6.45, 7) is 13.4. The fourth-order valence-electron chi connectivity index (χ4n) is 8.35. The molecule has 4 aliphatic carbocycles. The molecule has 9 atom stereocenters. The minimum Gasteiger partial charge on any atom is -0.457 e. The minimum atomic E-state index is -0.957. The van der Waals surface area contributed by atoms with Gasteiger partial charge in [-0.15, -0.1) is 0 Å². The summed E-state index contributed by atoms with van der Waals surface area (Å²) in [5.41, 5.74) is 0.230. The van der Waals surface area contributed by atoms with E-state index in [1.54, 1.807) is 0 Å². The Labute approximate surface area is 215 Å². The Balaban J connectivity index is 1.83. The standard InChI is InChI=1S/C29H43NO6/c1-14(2)23(30(8)9)27(34)35-26-16(4)22-19-10-15(3)24(33)20(19)11-18(13-31)12-21(22)25-28(6,7)29(25,26)36-17(5)32/h10,12,14,16,19-23,25-26,31H,11,13H2,1-9H3/t16-,19+,20?,21+,22?,23-,25+,26+,29+/m0/s1. The second kappa shape index (κ2) is 9.09. The molecule has 7 heteroatoms. The Hall–Kier alpha value is -1.99. The molecular weight excluding hydrogens is 458 g/mol. The minimum absolute atomic E-state index is 0.00820. The number of aliphatic hydroxyl groups excluding tert-OH is 1. The zero-order valence-corrected chi connectivity index (χ0v) is 23.2. The average molecular weight is 502 g/mol. The quantitative estimate of drug-likeness (QED) is 0.440. The lowest BCUT2D eigenvalue weighted by Crippen LogP contribution is -2.55. The molecule has 0 heterocycles. The highest BCUT2D eigenvalue weighted by Gasteiger charge is 2.84. The number of Topliss-reactive ketones (excluding diaryl/α,β-unsaturated/α-hetero) is 1. The van der Waals surface area contributed by atoms with Crippen molar-refractivity contribution in [1.29, 1.82) is 0 Å². The maximum atomic E-state index is 13.6. The van der Waals surface area contributed by atoms with Crippen LogP contribution in [0.25, 0.3) is 0 Å². The summed E-state index contributed by atoms with van der Waals surface area (Å²) in [6, 6.07) is -0.428. The summed E-state index contributed by atoms with van der Waals surface area (Å²) in [4.78, 5) is 41.0. The number of allylic oxidation sites excluding steroid dienone is 3. The fourth-order valence-corrected chi connectivity index (χ4v) is 8.35. The second-order valence-corrected chi connectivity index (χ2v) is 12.7. The molecule has 0 aliphatic heterocycles. The van der Waals surface area contributed by atoms with Crippen LogP contribution >= 0.6 is 0 Å². The van der Waals surface area contributed by atoms with Gasteiger partial charge in [0.25, 0.3) is 0 Å².